The molecule has 256 valence electrons. The third-order valence-electron chi connectivity index (χ3n) is 8.71. The number of fused-ring (bicyclic) bond motifs is 2. The lowest BCUT2D eigenvalue weighted by molar-refractivity contribution is -0.127. The van der Waals surface area contributed by atoms with Crippen LogP contribution in [0.5, 0.6) is 0 Å². The fourth-order valence-corrected chi connectivity index (χ4v) is 6.19. The number of carbonyl (C=O) groups is 2. The number of aromatic amines is 2. The van der Waals surface area contributed by atoms with Crippen LogP contribution in [0.4, 0.5) is 4.79 Å². The number of benzene rings is 2. The summed E-state index contributed by atoms with van der Waals surface area (Å²) in [6.45, 7) is 11.7. The van der Waals surface area contributed by atoms with Gasteiger partial charge in [0, 0.05) is 53.6 Å². The fourth-order valence-electron chi connectivity index (χ4n) is 6.19. The first-order chi connectivity index (χ1) is 22.9. The zero-order valence-corrected chi connectivity index (χ0v) is 29.3. The molecule has 3 aromatic heterocycles. The Morgan fingerprint density at radius 2 is 1.48 bits per heavy atom. The molecule has 48 heavy (non-hydrogen) atoms. The zero-order valence-electron chi connectivity index (χ0n) is 29.3. The van der Waals surface area contributed by atoms with Gasteiger partial charge in [0.2, 0.25) is 5.91 Å². The van der Waals surface area contributed by atoms with E-state index in [1.54, 1.807) is 34.6 Å². The minimum Gasteiger partial charge on any atom is -0.444 e. The molecule has 0 aliphatic heterocycles. The number of unbranched alkanes of at least 4 members (excludes halogenated alkanes) is 3. The van der Waals surface area contributed by atoms with E-state index in [0.717, 1.165) is 85.1 Å². The summed E-state index contributed by atoms with van der Waals surface area (Å²) in [5, 5.41) is 17.8. The summed E-state index contributed by atoms with van der Waals surface area (Å²) < 4.78 is 7.68. The molecule has 1 atom stereocenters. The van der Waals surface area contributed by atoms with Gasteiger partial charge < -0.3 is 29.9 Å². The molecule has 5 rings (SSSR count). The van der Waals surface area contributed by atoms with Crippen molar-refractivity contribution in [2.45, 2.75) is 117 Å². The molecule has 0 spiro atoms. The van der Waals surface area contributed by atoms with E-state index >= 15 is 0 Å². The van der Waals surface area contributed by atoms with Crippen LogP contribution in [0.2, 0.25) is 0 Å². The molecule has 3 heterocycles. The number of nitrogens with zero attached hydrogens (tertiary/aromatic N) is 3. The molecule has 0 aliphatic carbocycles. The van der Waals surface area contributed by atoms with Gasteiger partial charge in [-0.2, -0.15) is 0 Å². The molecule has 2 amide bonds. The largest absolute Gasteiger partial charge is 0.444 e. The highest BCUT2D eigenvalue weighted by atomic mass is 16.6. The van der Waals surface area contributed by atoms with Gasteiger partial charge in [-0.3, -0.25) is 4.79 Å². The smallest absolute Gasteiger partial charge is 0.408 e. The molecule has 0 radical (unpaired) electrons. The van der Waals surface area contributed by atoms with Gasteiger partial charge in [0.25, 0.3) is 0 Å². The third kappa shape index (κ3) is 8.65. The van der Waals surface area contributed by atoms with E-state index in [9.17, 15) is 9.59 Å². The number of hydrogen-bond acceptors (Lipinski definition) is 5. The first-order valence-electron chi connectivity index (χ1n) is 17.3. The standard InChI is InChI=1S/C38H51N7O3/c1-7-8-9-14-22-45-33(21-15-16-26-24-39-30-19-12-10-17-28(26)30)43-44-34(45)32(23-27-25-40-31-20-13-11-18-29(27)31)41-35(46)38(5,6)42-36(47)48-37(2,3)4/h10-13,17-20,24-25,32,39-40H,7-9,14-16,21-23H2,1-6H3,(H,41,46)(H,42,47)/t32-/m1/s1. The van der Waals surface area contributed by atoms with Crippen molar-refractivity contribution in [2.75, 3.05) is 0 Å². The lowest BCUT2D eigenvalue weighted by atomic mass is 10.0. The van der Waals surface area contributed by atoms with E-state index in [1.165, 1.54) is 10.9 Å². The Hall–Kier alpha value is -4.60. The molecule has 2 aromatic carbocycles. The SMILES string of the molecule is CCCCCCn1c(CCCc2c[nH]c3ccccc23)nnc1[C@@H](Cc1c[nH]c2ccccc12)NC(=O)C(C)(C)NC(=O)OC(C)(C)C. The second kappa shape index (κ2) is 15.1. The van der Waals surface area contributed by atoms with Gasteiger partial charge in [0.15, 0.2) is 5.82 Å². The topological polar surface area (TPSA) is 130 Å². The van der Waals surface area contributed by atoms with E-state index in [1.807, 2.05) is 30.5 Å². The van der Waals surface area contributed by atoms with Crippen LogP contribution in [0.1, 0.15) is 102 Å². The zero-order chi connectivity index (χ0) is 34.3. The molecule has 5 aromatic rings. The Balaban J connectivity index is 1.42. The number of H-pyrrole nitrogens is 2. The average Bonchev–Trinajstić information content (AvgIpc) is 3.75. The summed E-state index contributed by atoms with van der Waals surface area (Å²) in [5.74, 6) is 1.31. The second-order valence-electron chi connectivity index (χ2n) is 14.2. The summed E-state index contributed by atoms with van der Waals surface area (Å²) in [4.78, 5) is 33.3. The normalized spacial score (nSPS) is 12.8. The molecule has 0 saturated heterocycles. The Morgan fingerprint density at radius 1 is 0.833 bits per heavy atom. The van der Waals surface area contributed by atoms with Crippen molar-refractivity contribution in [1.82, 2.24) is 35.4 Å². The molecule has 0 aliphatic rings. The van der Waals surface area contributed by atoms with Gasteiger partial charge >= 0.3 is 6.09 Å². The van der Waals surface area contributed by atoms with Crippen LogP contribution in [0, 0.1) is 0 Å². The maximum absolute atomic E-state index is 13.9. The summed E-state index contributed by atoms with van der Waals surface area (Å²) in [6, 6.07) is 16.0. The fraction of sp³-hybridized carbons (Fsp3) is 0.474. The average molecular weight is 654 g/mol. The molecular formula is C38H51N7O3. The van der Waals surface area contributed by atoms with Crippen molar-refractivity contribution in [3.05, 3.63) is 83.7 Å². The van der Waals surface area contributed by atoms with E-state index < -0.39 is 23.3 Å². The first kappa shape index (κ1) is 34.7. The van der Waals surface area contributed by atoms with E-state index in [0.29, 0.717) is 6.42 Å². The van der Waals surface area contributed by atoms with Crippen LogP contribution < -0.4 is 10.6 Å². The molecule has 0 bridgehead atoms. The van der Waals surface area contributed by atoms with Crippen LogP contribution in [0.3, 0.4) is 0 Å². The van der Waals surface area contributed by atoms with Crippen molar-refractivity contribution >= 4 is 33.8 Å². The number of aryl methyl sites for hydroxylation is 2. The summed E-state index contributed by atoms with van der Waals surface area (Å²) in [7, 11) is 0. The molecule has 10 nitrogen and oxygen atoms in total. The number of para-hydroxylation sites is 2. The van der Waals surface area contributed by atoms with Crippen LogP contribution >= 0.6 is 0 Å². The molecular weight excluding hydrogens is 602 g/mol. The summed E-state index contributed by atoms with van der Waals surface area (Å²) >= 11 is 0. The first-order valence-corrected chi connectivity index (χ1v) is 17.3. The molecule has 4 N–H and O–H groups in total. The number of alkyl carbamates (subject to hydrolysis) is 1. The van der Waals surface area contributed by atoms with E-state index in [4.69, 9.17) is 14.9 Å². The van der Waals surface area contributed by atoms with Crippen LogP contribution in [0.25, 0.3) is 21.8 Å². The lowest BCUT2D eigenvalue weighted by Gasteiger charge is -2.29. The minimum absolute atomic E-state index is 0.334. The van der Waals surface area contributed by atoms with Crippen LogP contribution in [0.15, 0.2) is 60.9 Å². The number of rotatable bonds is 15. The number of hydrogen-bond donors (Lipinski definition) is 4. The van der Waals surface area contributed by atoms with Gasteiger partial charge in [-0.1, -0.05) is 62.6 Å². The van der Waals surface area contributed by atoms with Gasteiger partial charge in [-0.15, -0.1) is 10.2 Å². The van der Waals surface area contributed by atoms with Gasteiger partial charge in [-0.25, -0.2) is 4.79 Å². The number of carbonyl (C=O) groups excluding carboxylic acids is 2. The van der Waals surface area contributed by atoms with Gasteiger partial charge in [0.05, 0.1) is 6.04 Å². The number of nitrogens with one attached hydrogen (secondary N) is 4. The monoisotopic (exact) mass is 653 g/mol. The summed E-state index contributed by atoms with van der Waals surface area (Å²) in [5.41, 5.74) is 2.61. The second-order valence-corrected chi connectivity index (χ2v) is 14.2. The number of aromatic nitrogens is 5. The number of amides is 2. The maximum Gasteiger partial charge on any atom is 0.408 e. The van der Waals surface area contributed by atoms with Crippen molar-refractivity contribution in [2.24, 2.45) is 0 Å². The van der Waals surface area contributed by atoms with Gasteiger partial charge in [0.1, 0.15) is 17.0 Å². The Morgan fingerprint density at radius 3 is 2.15 bits per heavy atom. The van der Waals surface area contributed by atoms with Crippen molar-refractivity contribution in [3.8, 4) is 0 Å². The number of ether oxygens (including phenoxy) is 1. The van der Waals surface area contributed by atoms with Gasteiger partial charge in [-0.05, 0) is 77.1 Å². The molecule has 0 saturated carbocycles. The van der Waals surface area contributed by atoms with Crippen molar-refractivity contribution in [3.63, 3.8) is 0 Å². The van der Waals surface area contributed by atoms with E-state index in [-0.39, 0.29) is 5.91 Å². The molecule has 0 unspecified atom stereocenters. The highest BCUT2D eigenvalue weighted by Crippen LogP contribution is 2.27. The molecule has 10 heteroatoms. The minimum atomic E-state index is -1.24. The Bertz CT molecular complexity index is 1820. The predicted octanol–water partition coefficient (Wildman–Crippen LogP) is 7.70. The predicted molar refractivity (Wildman–Crippen MR) is 191 cm³/mol. The van der Waals surface area contributed by atoms with Crippen molar-refractivity contribution in [1.29, 1.82) is 0 Å². The third-order valence-corrected chi connectivity index (χ3v) is 8.71. The summed E-state index contributed by atoms with van der Waals surface area (Å²) in [6.07, 6.45) is 11.0. The molecule has 0 fully saturated rings. The van der Waals surface area contributed by atoms with Crippen LogP contribution in [-0.2, 0) is 35.3 Å². The van der Waals surface area contributed by atoms with Crippen molar-refractivity contribution < 1.29 is 14.3 Å². The Labute approximate surface area is 283 Å². The van der Waals surface area contributed by atoms with E-state index in [2.05, 4.69) is 62.6 Å². The lowest BCUT2D eigenvalue weighted by Crippen LogP contribution is -2.56. The maximum atomic E-state index is 13.9. The Kier molecular flexibility index (Phi) is 10.9. The highest BCUT2D eigenvalue weighted by molar-refractivity contribution is 5.89. The van der Waals surface area contributed by atoms with Crippen LogP contribution in [-0.4, -0.2) is 47.9 Å². The quantitative estimate of drug-likeness (QED) is 0.0861. The highest BCUT2D eigenvalue weighted by Gasteiger charge is 2.35.